The molecule has 0 spiro atoms. The quantitative estimate of drug-likeness (QED) is 0.779. The second-order valence-electron chi connectivity index (χ2n) is 4.31. The van der Waals surface area contributed by atoms with Crippen LogP contribution in [0.5, 0.6) is 0 Å². The largest absolute Gasteiger partial charge is 0.308 e. The second kappa shape index (κ2) is 5.29. The third kappa shape index (κ3) is 2.37. The molecule has 0 saturated carbocycles. The molecule has 0 saturated heterocycles. The Morgan fingerprint density at radius 1 is 1.21 bits per heavy atom. The first kappa shape index (κ1) is 12.6. The molecule has 19 heavy (non-hydrogen) atoms. The van der Waals surface area contributed by atoms with Crippen LogP contribution in [0.1, 0.15) is 17.3 Å². The number of benzene rings is 1. The van der Waals surface area contributed by atoms with E-state index in [2.05, 4.69) is 39.9 Å². The number of nitrogens with zero attached hydrogens (tertiary/aromatic N) is 1. The molecule has 0 aliphatic heterocycles. The van der Waals surface area contributed by atoms with Crippen LogP contribution in [0.15, 0.2) is 48.0 Å². The Bertz CT molecular complexity index is 691. The van der Waals surface area contributed by atoms with Crippen LogP contribution in [0, 0.1) is 0 Å². The van der Waals surface area contributed by atoms with E-state index in [9.17, 15) is 0 Å². The van der Waals surface area contributed by atoms with Crippen molar-refractivity contribution in [3.8, 4) is 0 Å². The molecule has 1 aromatic carbocycles. The predicted molar refractivity (Wildman–Crippen MR) is 82.0 cm³/mol. The van der Waals surface area contributed by atoms with Gasteiger partial charge in [-0.15, -0.1) is 11.3 Å². The monoisotopic (exact) mass is 288 g/mol. The highest BCUT2D eigenvalue weighted by atomic mass is 35.5. The average molecular weight is 289 g/mol. The molecule has 1 N–H and O–H groups in total. The molecule has 0 bridgehead atoms. The van der Waals surface area contributed by atoms with Gasteiger partial charge in [-0.2, -0.15) is 0 Å². The van der Waals surface area contributed by atoms with E-state index in [1.165, 1.54) is 15.6 Å². The van der Waals surface area contributed by atoms with E-state index in [4.69, 9.17) is 11.6 Å². The van der Waals surface area contributed by atoms with Crippen LogP contribution in [-0.2, 0) is 0 Å². The molecule has 96 valence electrons. The zero-order valence-electron chi connectivity index (χ0n) is 10.4. The van der Waals surface area contributed by atoms with Crippen molar-refractivity contribution in [2.45, 2.75) is 6.04 Å². The lowest BCUT2D eigenvalue weighted by Gasteiger charge is -2.17. The minimum absolute atomic E-state index is 0.0830. The highest BCUT2D eigenvalue weighted by Crippen LogP contribution is 2.31. The van der Waals surface area contributed by atoms with Crippen molar-refractivity contribution in [2.24, 2.45) is 0 Å². The summed E-state index contributed by atoms with van der Waals surface area (Å²) in [5.74, 6) is 0. The van der Waals surface area contributed by atoms with Crippen molar-refractivity contribution < 1.29 is 0 Å². The summed E-state index contributed by atoms with van der Waals surface area (Å²) in [6, 6.07) is 12.4. The third-order valence-corrected chi connectivity index (χ3v) is 4.36. The molecule has 0 fully saturated rings. The molecular formula is C15H13ClN2S. The molecular weight excluding hydrogens is 276 g/mol. The fourth-order valence-corrected chi connectivity index (χ4v) is 3.32. The number of nitrogens with one attached hydrogen (secondary N) is 1. The van der Waals surface area contributed by atoms with E-state index in [1.807, 2.05) is 19.2 Å². The zero-order chi connectivity index (χ0) is 13.2. The Morgan fingerprint density at radius 3 is 2.84 bits per heavy atom. The lowest BCUT2D eigenvalue weighted by atomic mass is 10.0. The SMILES string of the molecule is CNC(c1ccc(Cl)cn1)c1cccc2ccsc12. The van der Waals surface area contributed by atoms with Crippen molar-refractivity contribution in [1.29, 1.82) is 0 Å². The molecule has 0 radical (unpaired) electrons. The molecule has 1 unspecified atom stereocenters. The standard InChI is InChI=1S/C15H13ClN2S/c1-17-14(13-6-5-11(16)9-18-13)12-4-2-3-10-7-8-19-15(10)12/h2-9,14,17H,1H3. The normalized spacial score (nSPS) is 12.7. The van der Waals surface area contributed by atoms with Crippen molar-refractivity contribution in [2.75, 3.05) is 7.05 Å². The Balaban J connectivity index is 2.11. The summed E-state index contributed by atoms with van der Waals surface area (Å²) in [5.41, 5.74) is 2.23. The summed E-state index contributed by atoms with van der Waals surface area (Å²) in [6.07, 6.45) is 1.69. The first-order chi connectivity index (χ1) is 9.29. The van der Waals surface area contributed by atoms with Gasteiger partial charge in [0, 0.05) is 10.9 Å². The highest BCUT2D eigenvalue weighted by molar-refractivity contribution is 7.17. The van der Waals surface area contributed by atoms with E-state index in [-0.39, 0.29) is 6.04 Å². The minimum atomic E-state index is 0.0830. The Hall–Kier alpha value is -1.42. The van der Waals surface area contributed by atoms with Crippen LogP contribution in [-0.4, -0.2) is 12.0 Å². The van der Waals surface area contributed by atoms with Crippen molar-refractivity contribution in [1.82, 2.24) is 10.3 Å². The van der Waals surface area contributed by atoms with Gasteiger partial charge in [0.1, 0.15) is 0 Å². The maximum atomic E-state index is 5.90. The Labute approximate surface area is 121 Å². The molecule has 2 nitrogen and oxygen atoms in total. The van der Waals surface area contributed by atoms with Gasteiger partial charge in [0.25, 0.3) is 0 Å². The van der Waals surface area contributed by atoms with E-state index >= 15 is 0 Å². The molecule has 0 amide bonds. The number of halogens is 1. The van der Waals surface area contributed by atoms with E-state index in [0.717, 1.165) is 5.69 Å². The van der Waals surface area contributed by atoms with Crippen LogP contribution in [0.25, 0.3) is 10.1 Å². The summed E-state index contributed by atoms with van der Waals surface area (Å²) >= 11 is 7.66. The number of rotatable bonds is 3. The first-order valence-electron chi connectivity index (χ1n) is 6.04. The summed E-state index contributed by atoms with van der Waals surface area (Å²) in [5, 5.41) is 7.39. The highest BCUT2D eigenvalue weighted by Gasteiger charge is 2.16. The zero-order valence-corrected chi connectivity index (χ0v) is 12.0. The second-order valence-corrected chi connectivity index (χ2v) is 5.66. The Morgan fingerprint density at radius 2 is 2.11 bits per heavy atom. The Kier molecular flexibility index (Phi) is 3.51. The maximum absolute atomic E-state index is 5.90. The van der Waals surface area contributed by atoms with Gasteiger partial charge in [-0.3, -0.25) is 4.98 Å². The molecule has 1 atom stereocenters. The fraction of sp³-hybridized carbons (Fsp3) is 0.133. The molecule has 2 aromatic heterocycles. The van der Waals surface area contributed by atoms with Gasteiger partial charge in [-0.25, -0.2) is 0 Å². The lowest BCUT2D eigenvalue weighted by molar-refractivity contribution is 0.676. The van der Waals surface area contributed by atoms with Gasteiger partial charge in [0.05, 0.1) is 16.8 Å². The summed E-state index contributed by atoms with van der Waals surface area (Å²) in [6.45, 7) is 0. The number of hydrogen-bond donors (Lipinski definition) is 1. The number of aromatic nitrogens is 1. The van der Waals surface area contributed by atoms with Crippen LogP contribution in [0.2, 0.25) is 5.02 Å². The minimum Gasteiger partial charge on any atom is -0.308 e. The van der Waals surface area contributed by atoms with Gasteiger partial charge in [0.15, 0.2) is 0 Å². The van der Waals surface area contributed by atoms with Gasteiger partial charge in [0.2, 0.25) is 0 Å². The van der Waals surface area contributed by atoms with Crippen LogP contribution < -0.4 is 5.32 Å². The van der Waals surface area contributed by atoms with E-state index in [0.29, 0.717) is 5.02 Å². The average Bonchev–Trinajstić information content (AvgIpc) is 2.91. The molecule has 3 rings (SSSR count). The molecule has 2 heterocycles. The van der Waals surface area contributed by atoms with Gasteiger partial charge in [-0.1, -0.05) is 29.8 Å². The van der Waals surface area contributed by atoms with Crippen LogP contribution in [0.4, 0.5) is 0 Å². The molecule has 4 heteroatoms. The lowest BCUT2D eigenvalue weighted by Crippen LogP contribution is -2.18. The van der Waals surface area contributed by atoms with Gasteiger partial charge in [-0.05, 0) is 41.6 Å². The predicted octanol–water partition coefficient (Wildman–Crippen LogP) is 4.26. The summed E-state index contributed by atoms with van der Waals surface area (Å²) in [4.78, 5) is 4.43. The van der Waals surface area contributed by atoms with E-state index < -0.39 is 0 Å². The van der Waals surface area contributed by atoms with Gasteiger partial charge >= 0.3 is 0 Å². The van der Waals surface area contributed by atoms with Crippen molar-refractivity contribution in [3.63, 3.8) is 0 Å². The molecule has 0 aliphatic rings. The van der Waals surface area contributed by atoms with Crippen molar-refractivity contribution in [3.05, 3.63) is 64.3 Å². The molecule has 0 aliphatic carbocycles. The van der Waals surface area contributed by atoms with Crippen LogP contribution >= 0.6 is 22.9 Å². The fourth-order valence-electron chi connectivity index (χ4n) is 2.26. The molecule has 3 aromatic rings. The number of fused-ring (bicyclic) bond motifs is 1. The third-order valence-electron chi connectivity index (χ3n) is 3.16. The summed E-state index contributed by atoms with van der Waals surface area (Å²) in [7, 11) is 1.95. The maximum Gasteiger partial charge on any atom is 0.0762 e. The summed E-state index contributed by atoms with van der Waals surface area (Å²) < 4.78 is 1.30. The van der Waals surface area contributed by atoms with Crippen molar-refractivity contribution >= 4 is 33.0 Å². The number of hydrogen-bond acceptors (Lipinski definition) is 3. The first-order valence-corrected chi connectivity index (χ1v) is 7.30. The van der Waals surface area contributed by atoms with E-state index in [1.54, 1.807) is 17.5 Å². The smallest absolute Gasteiger partial charge is 0.0762 e. The van der Waals surface area contributed by atoms with Crippen LogP contribution in [0.3, 0.4) is 0 Å². The number of thiophene rings is 1. The van der Waals surface area contributed by atoms with Gasteiger partial charge < -0.3 is 5.32 Å². The topological polar surface area (TPSA) is 24.9 Å². The number of pyridine rings is 1.